The van der Waals surface area contributed by atoms with Gasteiger partial charge >= 0.3 is 0 Å². The second-order valence-corrected chi connectivity index (χ2v) is 8.37. The summed E-state index contributed by atoms with van der Waals surface area (Å²) in [4.78, 5) is 13.4. The zero-order valence-corrected chi connectivity index (χ0v) is 17.9. The molecule has 0 atom stereocenters. The maximum absolute atomic E-state index is 13.4. The molecule has 3 aromatic carbocycles. The predicted molar refractivity (Wildman–Crippen MR) is 123 cm³/mol. The molecule has 1 aliphatic carbocycles. The summed E-state index contributed by atoms with van der Waals surface area (Å²) >= 11 is 5.97. The lowest BCUT2D eigenvalue weighted by atomic mass is 10.0. The summed E-state index contributed by atoms with van der Waals surface area (Å²) in [5.74, 6) is 2.80. The summed E-state index contributed by atoms with van der Waals surface area (Å²) < 4.78 is 13.4. The predicted octanol–water partition coefficient (Wildman–Crippen LogP) is 6.74. The molecule has 4 aromatic rings. The van der Waals surface area contributed by atoms with E-state index in [-0.39, 0.29) is 5.78 Å². The quantitative estimate of drug-likeness (QED) is 0.304. The van der Waals surface area contributed by atoms with Crippen LogP contribution in [0, 0.1) is 5.92 Å². The second kappa shape index (κ2) is 8.12. The molecule has 156 valence electrons. The molecule has 0 amide bonds. The van der Waals surface area contributed by atoms with Crippen LogP contribution in [-0.2, 0) is 6.54 Å². The first-order valence-corrected chi connectivity index (χ1v) is 10.7. The molecule has 4 nitrogen and oxygen atoms in total. The minimum absolute atomic E-state index is 0.00848. The minimum Gasteiger partial charge on any atom is -0.497 e. The largest absolute Gasteiger partial charge is 0.497 e. The van der Waals surface area contributed by atoms with E-state index >= 15 is 0 Å². The van der Waals surface area contributed by atoms with Crippen LogP contribution in [0.25, 0.3) is 10.9 Å². The fourth-order valence-corrected chi connectivity index (χ4v) is 3.91. The number of methoxy groups -OCH3 is 1. The van der Waals surface area contributed by atoms with Gasteiger partial charge in [0.15, 0.2) is 5.78 Å². The Morgan fingerprint density at radius 3 is 2.32 bits per heavy atom. The van der Waals surface area contributed by atoms with Crippen molar-refractivity contribution in [3.05, 3.63) is 89.1 Å². The highest BCUT2D eigenvalue weighted by Gasteiger charge is 2.24. The van der Waals surface area contributed by atoms with E-state index < -0.39 is 0 Å². The van der Waals surface area contributed by atoms with Gasteiger partial charge in [-0.05, 0) is 85.5 Å². The fourth-order valence-electron chi connectivity index (χ4n) is 3.79. The van der Waals surface area contributed by atoms with Gasteiger partial charge in [-0.2, -0.15) is 0 Å². The number of ether oxygens (including phenoxy) is 2. The van der Waals surface area contributed by atoms with Gasteiger partial charge in [0, 0.05) is 39.8 Å². The van der Waals surface area contributed by atoms with E-state index in [9.17, 15) is 4.79 Å². The van der Waals surface area contributed by atoms with Crippen LogP contribution in [0.5, 0.6) is 17.2 Å². The molecule has 1 saturated carbocycles. The van der Waals surface area contributed by atoms with Crippen molar-refractivity contribution in [2.45, 2.75) is 19.4 Å². The summed E-state index contributed by atoms with van der Waals surface area (Å²) in [5.41, 5.74) is 2.37. The normalized spacial score (nSPS) is 13.4. The molecule has 1 aliphatic rings. The molecule has 0 radical (unpaired) electrons. The minimum atomic E-state index is -0.00848. The Hall–Kier alpha value is -3.24. The summed E-state index contributed by atoms with van der Waals surface area (Å²) in [6, 6.07) is 20.4. The average molecular weight is 432 g/mol. The summed E-state index contributed by atoms with van der Waals surface area (Å²) in [5, 5.41) is 1.56. The van der Waals surface area contributed by atoms with Crippen molar-refractivity contribution in [2.24, 2.45) is 5.92 Å². The van der Waals surface area contributed by atoms with Crippen molar-refractivity contribution in [2.75, 3.05) is 7.11 Å². The molecule has 0 spiro atoms. The van der Waals surface area contributed by atoms with Crippen LogP contribution in [0.4, 0.5) is 0 Å². The van der Waals surface area contributed by atoms with Crippen molar-refractivity contribution in [3.8, 4) is 17.2 Å². The van der Waals surface area contributed by atoms with E-state index in [1.807, 2.05) is 48.7 Å². The number of nitrogens with zero attached hydrogens (tertiary/aromatic N) is 1. The number of carbonyl (C=O) groups is 1. The van der Waals surface area contributed by atoms with Crippen LogP contribution in [0.1, 0.15) is 28.8 Å². The highest BCUT2D eigenvalue weighted by atomic mass is 35.5. The van der Waals surface area contributed by atoms with E-state index in [0.29, 0.717) is 33.6 Å². The number of carbonyl (C=O) groups excluding carboxylic acids is 1. The van der Waals surface area contributed by atoms with Crippen LogP contribution < -0.4 is 9.47 Å². The van der Waals surface area contributed by atoms with Crippen LogP contribution in [0.15, 0.2) is 72.9 Å². The number of halogens is 1. The van der Waals surface area contributed by atoms with Gasteiger partial charge < -0.3 is 14.0 Å². The Kier molecular flexibility index (Phi) is 5.16. The van der Waals surface area contributed by atoms with Crippen LogP contribution in [0.2, 0.25) is 5.02 Å². The molecule has 0 unspecified atom stereocenters. The number of benzene rings is 3. The number of hydrogen-bond donors (Lipinski definition) is 0. The lowest BCUT2D eigenvalue weighted by Gasteiger charge is -2.08. The molecule has 1 fully saturated rings. The fraction of sp³-hybridized carbons (Fsp3) is 0.192. The summed E-state index contributed by atoms with van der Waals surface area (Å²) in [7, 11) is 1.62. The number of aromatic nitrogens is 1. The van der Waals surface area contributed by atoms with E-state index in [4.69, 9.17) is 21.1 Å². The van der Waals surface area contributed by atoms with Gasteiger partial charge in [0.25, 0.3) is 0 Å². The van der Waals surface area contributed by atoms with Crippen molar-refractivity contribution in [3.63, 3.8) is 0 Å². The van der Waals surface area contributed by atoms with E-state index in [0.717, 1.165) is 23.2 Å². The zero-order valence-electron chi connectivity index (χ0n) is 17.2. The highest BCUT2D eigenvalue weighted by Crippen LogP contribution is 2.35. The third-order valence-electron chi connectivity index (χ3n) is 5.65. The molecular weight excluding hydrogens is 410 g/mol. The standard InChI is InChI=1S/C26H22ClNO3/c1-30-20-8-4-18(5-9-20)26(29)24-16-28(15-17-2-3-17)25-13-12-22(14-23(24)25)31-21-10-6-19(27)7-11-21/h4-14,16-17H,2-3,15H2,1H3. The van der Waals surface area contributed by atoms with Gasteiger partial charge in [-0.1, -0.05) is 11.6 Å². The molecule has 5 rings (SSSR count). The first-order chi connectivity index (χ1) is 15.1. The molecule has 0 saturated heterocycles. The Balaban J connectivity index is 1.54. The average Bonchev–Trinajstić information content (AvgIpc) is 3.55. The van der Waals surface area contributed by atoms with Gasteiger partial charge in [-0.3, -0.25) is 4.79 Å². The summed E-state index contributed by atoms with van der Waals surface area (Å²) in [6.45, 7) is 0.934. The third-order valence-corrected chi connectivity index (χ3v) is 5.90. The maximum atomic E-state index is 13.4. The Morgan fingerprint density at radius 2 is 1.65 bits per heavy atom. The van der Waals surface area contributed by atoms with Gasteiger partial charge in [0.05, 0.1) is 7.11 Å². The van der Waals surface area contributed by atoms with E-state index in [1.165, 1.54) is 12.8 Å². The monoisotopic (exact) mass is 431 g/mol. The maximum Gasteiger partial charge on any atom is 0.195 e. The van der Waals surface area contributed by atoms with Gasteiger partial charge in [0.1, 0.15) is 17.2 Å². The number of ketones is 1. The van der Waals surface area contributed by atoms with Gasteiger partial charge in [-0.15, -0.1) is 0 Å². The van der Waals surface area contributed by atoms with E-state index in [2.05, 4.69) is 4.57 Å². The number of fused-ring (bicyclic) bond motifs is 1. The SMILES string of the molecule is COc1ccc(C(=O)c2cn(CC3CC3)c3ccc(Oc4ccc(Cl)cc4)cc23)cc1. The molecule has 0 aliphatic heterocycles. The topological polar surface area (TPSA) is 40.5 Å². The van der Waals surface area contributed by atoms with Crippen LogP contribution in [-0.4, -0.2) is 17.5 Å². The van der Waals surface area contributed by atoms with Crippen molar-refractivity contribution < 1.29 is 14.3 Å². The first kappa shape index (κ1) is 19.7. The van der Waals surface area contributed by atoms with Crippen LogP contribution in [0.3, 0.4) is 0 Å². The third kappa shape index (κ3) is 4.17. The zero-order chi connectivity index (χ0) is 21.4. The van der Waals surface area contributed by atoms with Crippen molar-refractivity contribution >= 4 is 28.3 Å². The van der Waals surface area contributed by atoms with Gasteiger partial charge in [0.2, 0.25) is 0 Å². The molecule has 0 N–H and O–H groups in total. The summed E-state index contributed by atoms with van der Waals surface area (Å²) in [6.07, 6.45) is 4.49. The first-order valence-electron chi connectivity index (χ1n) is 10.4. The van der Waals surface area contributed by atoms with Crippen molar-refractivity contribution in [1.82, 2.24) is 4.57 Å². The van der Waals surface area contributed by atoms with Crippen molar-refractivity contribution in [1.29, 1.82) is 0 Å². The second-order valence-electron chi connectivity index (χ2n) is 7.93. The molecule has 1 aromatic heterocycles. The number of rotatable bonds is 7. The van der Waals surface area contributed by atoms with Crippen LogP contribution >= 0.6 is 11.6 Å². The molecule has 0 bridgehead atoms. The molecular formula is C26H22ClNO3. The lowest BCUT2D eigenvalue weighted by molar-refractivity contribution is 0.104. The Bertz CT molecular complexity index is 1240. The smallest absolute Gasteiger partial charge is 0.195 e. The highest BCUT2D eigenvalue weighted by molar-refractivity contribution is 6.30. The van der Waals surface area contributed by atoms with Gasteiger partial charge in [-0.25, -0.2) is 0 Å². The molecule has 31 heavy (non-hydrogen) atoms. The number of hydrogen-bond acceptors (Lipinski definition) is 3. The molecule has 5 heteroatoms. The Morgan fingerprint density at radius 1 is 0.968 bits per heavy atom. The van der Waals surface area contributed by atoms with E-state index in [1.54, 1.807) is 31.4 Å². The lowest BCUT2D eigenvalue weighted by Crippen LogP contribution is -2.01. The molecule has 1 heterocycles. The Labute approximate surface area is 186 Å².